The summed E-state index contributed by atoms with van der Waals surface area (Å²) in [4.78, 5) is 0. The first kappa shape index (κ1) is 7.90. The average Bonchev–Trinajstić information content (AvgIpc) is 2.69. The quantitative estimate of drug-likeness (QED) is 0.662. The number of nitrogens with two attached hydrogens (primary N) is 1. The van der Waals surface area contributed by atoms with Crippen LogP contribution in [-0.2, 0) is 0 Å². The van der Waals surface area contributed by atoms with Crippen LogP contribution >= 0.6 is 11.8 Å². The van der Waals surface area contributed by atoms with Crippen LogP contribution in [0.25, 0.3) is 0 Å². The molecule has 0 aromatic heterocycles. The standard InChI is InChI=1S/C7H12N2S/c1-10-5-7(9,4-8)6-2-3-6/h6H,2-3,5,9H2,1H3. The molecule has 56 valence electrons. The van der Waals surface area contributed by atoms with Gasteiger partial charge >= 0.3 is 0 Å². The molecule has 1 rings (SSSR count). The van der Waals surface area contributed by atoms with Crippen molar-refractivity contribution in [2.24, 2.45) is 11.7 Å². The Hall–Kier alpha value is -0.200. The maximum absolute atomic E-state index is 8.74. The summed E-state index contributed by atoms with van der Waals surface area (Å²) in [6.07, 6.45) is 4.27. The molecule has 0 spiro atoms. The van der Waals surface area contributed by atoms with Gasteiger partial charge < -0.3 is 5.73 Å². The van der Waals surface area contributed by atoms with E-state index in [1.807, 2.05) is 6.26 Å². The molecule has 0 bridgehead atoms. The van der Waals surface area contributed by atoms with Crippen LogP contribution in [0.4, 0.5) is 0 Å². The Kier molecular flexibility index (Phi) is 2.22. The van der Waals surface area contributed by atoms with E-state index in [2.05, 4.69) is 6.07 Å². The number of rotatable bonds is 3. The molecular weight excluding hydrogens is 144 g/mol. The fourth-order valence-electron chi connectivity index (χ4n) is 1.08. The summed E-state index contributed by atoms with van der Waals surface area (Å²) in [6, 6.07) is 2.20. The Morgan fingerprint density at radius 1 is 1.80 bits per heavy atom. The van der Waals surface area contributed by atoms with Gasteiger partial charge in [-0.2, -0.15) is 17.0 Å². The molecule has 3 heteroatoms. The second-order valence-corrected chi connectivity index (χ2v) is 3.73. The van der Waals surface area contributed by atoms with Gasteiger partial charge in [-0.15, -0.1) is 0 Å². The minimum absolute atomic E-state index is 0.477. The first-order valence-corrected chi connectivity index (χ1v) is 4.81. The molecule has 0 aromatic carbocycles. The van der Waals surface area contributed by atoms with Crippen molar-refractivity contribution in [2.45, 2.75) is 18.4 Å². The SMILES string of the molecule is CSCC(N)(C#N)C1CC1. The van der Waals surface area contributed by atoms with Gasteiger partial charge in [-0.1, -0.05) is 0 Å². The van der Waals surface area contributed by atoms with Crippen molar-refractivity contribution < 1.29 is 0 Å². The van der Waals surface area contributed by atoms with Crippen molar-refractivity contribution in [1.29, 1.82) is 5.26 Å². The van der Waals surface area contributed by atoms with Crippen molar-refractivity contribution >= 4 is 11.8 Å². The van der Waals surface area contributed by atoms with Crippen LogP contribution in [0.1, 0.15) is 12.8 Å². The summed E-state index contributed by atoms with van der Waals surface area (Å²) in [5.74, 6) is 1.25. The Balaban J connectivity index is 2.50. The van der Waals surface area contributed by atoms with E-state index in [9.17, 15) is 0 Å². The third-order valence-electron chi connectivity index (χ3n) is 1.90. The lowest BCUT2D eigenvalue weighted by molar-refractivity contribution is 0.533. The molecule has 2 nitrogen and oxygen atoms in total. The minimum Gasteiger partial charge on any atom is -0.312 e. The molecule has 0 aliphatic heterocycles. The zero-order valence-electron chi connectivity index (χ0n) is 6.13. The van der Waals surface area contributed by atoms with Crippen LogP contribution in [0, 0.1) is 17.2 Å². The van der Waals surface area contributed by atoms with Crippen molar-refractivity contribution in [3.05, 3.63) is 0 Å². The second-order valence-electron chi connectivity index (χ2n) is 2.86. The lowest BCUT2D eigenvalue weighted by Crippen LogP contribution is -2.43. The lowest BCUT2D eigenvalue weighted by Gasteiger charge is -2.18. The molecule has 1 saturated carbocycles. The topological polar surface area (TPSA) is 49.8 Å². The van der Waals surface area contributed by atoms with Crippen LogP contribution in [0.2, 0.25) is 0 Å². The first-order valence-electron chi connectivity index (χ1n) is 3.42. The van der Waals surface area contributed by atoms with E-state index < -0.39 is 5.54 Å². The Labute approximate surface area is 65.8 Å². The van der Waals surface area contributed by atoms with Gasteiger partial charge in [0, 0.05) is 5.75 Å². The van der Waals surface area contributed by atoms with Crippen LogP contribution < -0.4 is 5.73 Å². The first-order chi connectivity index (χ1) is 4.73. The summed E-state index contributed by atoms with van der Waals surface area (Å²) in [6.45, 7) is 0. The lowest BCUT2D eigenvalue weighted by atomic mass is 10.00. The fraction of sp³-hybridized carbons (Fsp3) is 0.857. The molecule has 1 aliphatic carbocycles. The molecular formula is C7H12N2S. The van der Waals surface area contributed by atoms with Crippen molar-refractivity contribution in [3.63, 3.8) is 0 Å². The smallest absolute Gasteiger partial charge is 0.116 e. The zero-order valence-corrected chi connectivity index (χ0v) is 6.95. The fourth-order valence-corrected chi connectivity index (χ4v) is 1.86. The van der Waals surface area contributed by atoms with Gasteiger partial charge in [-0.05, 0) is 25.0 Å². The third-order valence-corrected chi connectivity index (χ3v) is 2.66. The molecule has 1 aliphatic rings. The normalized spacial score (nSPS) is 23.3. The van der Waals surface area contributed by atoms with Crippen molar-refractivity contribution in [3.8, 4) is 6.07 Å². The molecule has 0 aromatic rings. The zero-order chi connectivity index (χ0) is 7.61. The highest BCUT2D eigenvalue weighted by molar-refractivity contribution is 7.98. The third kappa shape index (κ3) is 1.44. The minimum atomic E-state index is -0.528. The number of hydrogen-bond acceptors (Lipinski definition) is 3. The maximum atomic E-state index is 8.74. The number of nitrogens with zero attached hydrogens (tertiary/aromatic N) is 1. The summed E-state index contributed by atoms with van der Waals surface area (Å²) >= 11 is 1.65. The summed E-state index contributed by atoms with van der Waals surface area (Å²) in [7, 11) is 0. The highest BCUT2D eigenvalue weighted by atomic mass is 32.2. The highest BCUT2D eigenvalue weighted by Gasteiger charge is 2.42. The van der Waals surface area contributed by atoms with E-state index in [4.69, 9.17) is 11.0 Å². The molecule has 1 fully saturated rings. The van der Waals surface area contributed by atoms with E-state index in [0.29, 0.717) is 5.92 Å². The largest absolute Gasteiger partial charge is 0.312 e. The predicted molar refractivity (Wildman–Crippen MR) is 43.6 cm³/mol. The van der Waals surface area contributed by atoms with E-state index >= 15 is 0 Å². The Morgan fingerprint density at radius 3 is 2.70 bits per heavy atom. The van der Waals surface area contributed by atoms with Crippen LogP contribution in [0.3, 0.4) is 0 Å². The van der Waals surface area contributed by atoms with Gasteiger partial charge in [0.1, 0.15) is 5.54 Å². The number of nitriles is 1. The Morgan fingerprint density at radius 2 is 2.40 bits per heavy atom. The molecule has 1 unspecified atom stereocenters. The molecule has 0 heterocycles. The van der Waals surface area contributed by atoms with E-state index in [-0.39, 0.29) is 0 Å². The van der Waals surface area contributed by atoms with Crippen LogP contribution in [0.15, 0.2) is 0 Å². The van der Waals surface area contributed by atoms with Crippen LogP contribution in [0.5, 0.6) is 0 Å². The highest BCUT2D eigenvalue weighted by Crippen LogP contribution is 2.39. The monoisotopic (exact) mass is 156 g/mol. The number of hydrogen-bond donors (Lipinski definition) is 1. The number of thioether (sulfide) groups is 1. The molecule has 0 radical (unpaired) electrons. The van der Waals surface area contributed by atoms with E-state index in [1.54, 1.807) is 11.8 Å². The Bertz CT molecular complexity index is 159. The van der Waals surface area contributed by atoms with Crippen molar-refractivity contribution in [2.75, 3.05) is 12.0 Å². The molecule has 0 saturated heterocycles. The van der Waals surface area contributed by atoms with Gasteiger partial charge in [0.05, 0.1) is 6.07 Å². The summed E-state index contributed by atoms with van der Waals surface area (Å²) < 4.78 is 0. The van der Waals surface area contributed by atoms with Gasteiger partial charge in [-0.25, -0.2) is 0 Å². The second kappa shape index (κ2) is 2.81. The van der Waals surface area contributed by atoms with Crippen molar-refractivity contribution in [1.82, 2.24) is 0 Å². The summed E-state index contributed by atoms with van der Waals surface area (Å²) in [5, 5.41) is 8.74. The van der Waals surface area contributed by atoms with E-state index in [1.165, 1.54) is 0 Å². The van der Waals surface area contributed by atoms with Crippen LogP contribution in [-0.4, -0.2) is 17.5 Å². The molecule has 0 amide bonds. The molecule has 1 atom stereocenters. The molecule has 10 heavy (non-hydrogen) atoms. The van der Waals surface area contributed by atoms with Gasteiger partial charge in [0.15, 0.2) is 0 Å². The molecule has 2 N–H and O–H groups in total. The predicted octanol–water partition coefficient (Wildman–Crippen LogP) is 0.980. The van der Waals surface area contributed by atoms with E-state index in [0.717, 1.165) is 18.6 Å². The van der Waals surface area contributed by atoms with Gasteiger partial charge in [0.2, 0.25) is 0 Å². The van der Waals surface area contributed by atoms with Gasteiger partial charge in [0.25, 0.3) is 0 Å². The van der Waals surface area contributed by atoms with Gasteiger partial charge in [-0.3, -0.25) is 0 Å². The average molecular weight is 156 g/mol. The summed E-state index contributed by atoms with van der Waals surface area (Å²) in [5.41, 5.74) is 5.30. The maximum Gasteiger partial charge on any atom is 0.116 e.